The van der Waals surface area contributed by atoms with E-state index in [4.69, 9.17) is 18.9 Å². The van der Waals surface area contributed by atoms with Crippen molar-refractivity contribution in [2.75, 3.05) is 48.6 Å². The molecule has 2 N–H and O–H groups in total. The standard InChI is InChI=1S/C25H33NO8/c1-26(14-11-17-7-9-19(31-2)21(15-17)33-4)13-6-12-25(23(27)28,24(29)30)18-8-10-20(32-3)22(16-18)34-5/h7-10,15-16H,6,11-14H2,1-5H3,(H,27,28)(H,29,30). The number of carboxylic acid groups (broad SMARTS) is 2. The highest BCUT2D eigenvalue weighted by Gasteiger charge is 2.48. The molecule has 0 heterocycles. The molecule has 0 fully saturated rings. The monoisotopic (exact) mass is 475 g/mol. The molecule has 0 aliphatic carbocycles. The molecule has 0 amide bonds. The van der Waals surface area contributed by atoms with Gasteiger partial charge in [0.15, 0.2) is 28.4 Å². The van der Waals surface area contributed by atoms with Crippen LogP contribution in [0.1, 0.15) is 24.0 Å². The SMILES string of the molecule is COc1ccc(CCN(C)CCCC(C(=O)O)(C(=O)O)c2ccc(OC)c(OC)c2)cc1OC. The molecule has 0 aliphatic rings. The molecular weight excluding hydrogens is 442 g/mol. The van der Waals surface area contributed by atoms with Gasteiger partial charge in [-0.2, -0.15) is 0 Å². The van der Waals surface area contributed by atoms with Crippen molar-refractivity contribution in [1.29, 1.82) is 0 Å². The first-order chi connectivity index (χ1) is 16.2. The van der Waals surface area contributed by atoms with Gasteiger partial charge in [0, 0.05) is 6.54 Å². The van der Waals surface area contributed by atoms with Crippen molar-refractivity contribution in [1.82, 2.24) is 4.90 Å². The fraction of sp³-hybridized carbons (Fsp3) is 0.440. The van der Waals surface area contributed by atoms with Gasteiger partial charge < -0.3 is 34.1 Å². The van der Waals surface area contributed by atoms with Crippen LogP contribution in [0, 0.1) is 0 Å². The quantitative estimate of drug-likeness (QED) is 0.398. The minimum Gasteiger partial charge on any atom is -0.493 e. The van der Waals surface area contributed by atoms with Gasteiger partial charge in [-0.25, -0.2) is 0 Å². The molecule has 0 saturated carbocycles. The summed E-state index contributed by atoms with van der Waals surface area (Å²) in [6, 6.07) is 10.1. The Morgan fingerprint density at radius 2 is 1.32 bits per heavy atom. The van der Waals surface area contributed by atoms with Gasteiger partial charge in [0.25, 0.3) is 0 Å². The zero-order valence-electron chi connectivity index (χ0n) is 20.3. The van der Waals surface area contributed by atoms with Gasteiger partial charge in [-0.3, -0.25) is 9.59 Å². The summed E-state index contributed by atoms with van der Waals surface area (Å²) in [5.41, 5.74) is -0.887. The zero-order valence-corrected chi connectivity index (χ0v) is 20.3. The summed E-state index contributed by atoms with van der Waals surface area (Å²) >= 11 is 0. The number of rotatable bonds is 14. The highest BCUT2D eigenvalue weighted by molar-refractivity contribution is 6.04. The molecule has 0 atom stereocenters. The molecule has 2 rings (SSSR count). The molecule has 186 valence electrons. The smallest absolute Gasteiger partial charge is 0.325 e. The number of likely N-dealkylation sites (N-methyl/N-ethyl adjacent to an activating group) is 1. The lowest BCUT2D eigenvalue weighted by Gasteiger charge is -2.27. The number of hydrogen-bond donors (Lipinski definition) is 2. The van der Waals surface area contributed by atoms with Gasteiger partial charge >= 0.3 is 11.9 Å². The van der Waals surface area contributed by atoms with Crippen LogP contribution >= 0.6 is 0 Å². The topological polar surface area (TPSA) is 115 Å². The molecule has 34 heavy (non-hydrogen) atoms. The average Bonchev–Trinajstić information content (AvgIpc) is 2.84. The molecule has 2 aromatic rings. The second kappa shape index (κ2) is 12.1. The Kier molecular flexibility index (Phi) is 9.56. The van der Waals surface area contributed by atoms with Crippen molar-refractivity contribution in [3.05, 3.63) is 47.5 Å². The number of ether oxygens (including phenoxy) is 4. The fourth-order valence-corrected chi connectivity index (χ4v) is 3.88. The van der Waals surface area contributed by atoms with Crippen molar-refractivity contribution in [2.24, 2.45) is 0 Å². The van der Waals surface area contributed by atoms with E-state index in [2.05, 4.69) is 0 Å². The van der Waals surface area contributed by atoms with Crippen LogP contribution in [0.4, 0.5) is 0 Å². The first-order valence-corrected chi connectivity index (χ1v) is 10.8. The van der Waals surface area contributed by atoms with E-state index >= 15 is 0 Å². The number of carboxylic acids is 2. The van der Waals surface area contributed by atoms with Gasteiger partial charge in [-0.15, -0.1) is 0 Å². The van der Waals surface area contributed by atoms with Crippen LogP contribution in [-0.2, 0) is 21.4 Å². The number of aliphatic carboxylic acids is 2. The maximum atomic E-state index is 12.2. The van der Waals surface area contributed by atoms with Crippen LogP contribution in [0.3, 0.4) is 0 Å². The van der Waals surface area contributed by atoms with Crippen LogP contribution in [-0.4, -0.2) is 75.6 Å². The zero-order chi connectivity index (χ0) is 25.3. The summed E-state index contributed by atoms with van der Waals surface area (Å²) < 4.78 is 21.0. The maximum absolute atomic E-state index is 12.2. The third-order valence-corrected chi connectivity index (χ3v) is 5.93. The number of nitrogens with zero attached hydrogens (tertiary/aromatic N) is 1. The van der Waals surface area contributed by atoms with Crippen LogP contribution in [0.15, 0.2) is 36.4 Å². The first kappa shape index (κ1) is 26.8. The Hall–Kier alpha value is -3.46. The predicted octanol–water partition coefficient (Wildman–Crippen LogP) is 3.08. The summed E-state index contributed by atoms with van der Waals surface area (Å²) in [4.78, 5) is 26.5. The summed E-state index contributed by atoms with van der Waals surface area (Å²) in [6.07, 6.45) is 1.04. The fourth-order valence-electron chi connectivity index (χ4n) is 3.88. The predicted molar refractivity (Wildman–Crippen MR) is 126 cm³/mol. The molecule has 2 aromatic carbocycles. The first-order valence-electron chi connectivity index (χ1n) is 10.8. The summed E-state index contributed by atoms with van der Waals surface area (Å²) in [6.45, 7) is 1.24. The van der Waals surface area contributed by atoms with Crippen LogP contribution in [0.5, 0.6) is 23.0 Å². The van der Waals surface area contributed by atoms with E-state index in [0.29, 0.717) is 36.8 Å². The Morgan fingerprint density at radius 3 is 1.85 bits per heavy atom. The molecule has 0 radical (unpaired) electrons. The van der Waals surface area contributed by atoms with Gasteiger partial charge in [0.05, 0.1) is 28.4 Å². The molecule has 0 unspecified atom stereocenters. The van der Waals surface area contributed by atoms with Crippen LogP contribution < -0.4 is 18.9 Å². The van der Waals surface area contributed by atoms with E-state index in [1.165, 1.54) is 32.4 Å². The summed E-state index contributed by atoms with van der Waals surface area (Å²) in [5.74, 6) is -0.844. The minimum atomic E-state index is -2.09. The lowest BCUT2D eigenvalue weighted by Crippen LogP contribution is -2.44. The van der Waals surface area contributed by atoms with E-state index < -0.39 is 17.4 Å². The Morgan fingerprint density at radius 1 is 0.794 bits per heavy atom. The van der Waals surface area contributed by atoms with Gasteiger partial charge in [-0.1, -0.05) is 12.1 Å². The average molecular weight is 476 g/mol. The third kappa shape index (κ3) is 5.91. The van der Waals surface area contributed by atoms with Gasteiger partial charge in [0.2, 0.25) is 0 Å². The van der Waals surface area contributed by atoms with Crippen molar-refractivity contribution in [2.45, 2.75) is 24.7 Å². The van der Waals surface area contributed by atoms with Crippen molar-refractivity contribution in [3.8, 4) is 23.0 Å². The number of hydrogen-bond acceptors (Lipinski definition) is 7. The van der Waals surface area contributed by atoms with E-state index in [1.54, 1.807) is 14.2 Å². The van der Waals surface area contributed by atoms with Gasteiger partial charge in [0.1, 0.15) is 0 Å². The second-order valence-electron chi connectivity index (χ2n) is 7.93. The molecule has 9 nitrogen and oxygen atoms in total. The second-order valence-corrected chi connectivity index (χ2v) is 7.93. The van der Waals surface area contributed by atoms with Crippen LogP contribution in [0.25, 0.3) is 0 Å². The van der Waals surface area contributed by atoms with Crippen molar-refractivity contribution in [3.63, 3.8) is 0 Å². The van der Waals surface area contributed by atoms with E-state index in [9.17, 15) is 19.8 Å². The van der Waals surface area contributed by atoms with Gasteiger partial charge in [-0.05, 0) is 68.2 Å². The molecule has 0 saturated heterocycles. The maximum Gasteiger partial charge on any atom is 0.325 e. The normalized spacial score (nSPS) is 11.2. The van der Waals surface area contributed by atoms with Crippen LogP contribution in [0.2, 0.25) is 0 Å². The molecule has 9 heteroatoms. The summed E-state index contributed by atoms with van der Waals surface area (Å²) in [5, 5.41) is 19.9. The Bertz CT molecular complexity index is 977. The summed E-state index contributed by atoms with van der Waals surface area (Å²) in [7, 11) is 7.96. The Labute approximate surface area is 199 Å². The van der Waals surface area contributed by atoms with E-state index in [-0.39, 0.29) is 17.7 Å². The largest absolute Gasteiger partial charge is 0.493 e. The molecule has 0 bridgehead atoms. The Balaban J connectivity index is 2.09. The molecule has 0 aromatic heterocycles. The highest BCUT2D eigenvalue weighted by Crippen LogP contribution is 2.37. The number of carbonyl (C=O) groups is 2. The van der Waals surface area contributed by atoms with E-state index in [0.717, 1.165) is 12.0 Å². The minimum absolute atomic E-state index is 0.0755. The molecule has 0 spiro atoms. The highest BCUT2D eigenvalue weighted by atomic mass is 16.5. The van der Waals surface area contributed by atoms with Crippen molar-refractivity contribution < 1.29 is 38.7 Å². The lowest BCUT2D eigenvalue weighted by atomic mass is 9.76. The molecule has 0 aliphatic heterocycles. The number of benzene rings is 2. The lowest BCUT2D eigenvalue weighted by molar-refractivity contribution is -0.158. The van der Waals surface area contributed by atoms with E-state index in [1.807, 2.05) is 30.1 Å². The van der Waals surface area contributed by atoms with Crippen molar-refractivity contribution >= 4 is 11.9 Å². The third-order valence-electron chi connectivity index (χ3n) is 5.93. The number of methoxy groups -OCH3 is 4. The molecular formula is C25H33NO8.